The summed E-state index contributed by atoms with van der Waals surface area (Å²) in [6, 6.07) is 21.0. The van der Waals surface area contributed by atoms with Crippen LogP contribution < -0.4 is 21.6 Å². The molecule has 0 saturated heterocycles. The average Bonchev–Trinajstić information content (AvgIpc) is 2.65. The van der Waals surface area contributed by atoms with Gasteiger partial charge in [0.25, 0.3) is 0 Å². The molecule has 0 radical (unpaired) electrons. The number of hydrogen-bond donors (Lipinski definition) is 2. The molecule has 4 aromatic rings. The summed E-state index contributed by atoms with van der Waals surface area (Å²) in [5, 5.41) is 0.484. The first-order chi connectivity index (χ1) is 12.6. The van der Waals surface area contributed by atoms with Gasteiger partial charge in [-0.2, -0.15) is 0 Å². The van der Waals surface area contributed by atoms with Gasteiger partial charge in [0.15, 0.2) is 11.2 Å². The van der Waals surface area contributed by atoms with Crippen LogP contribution in [0.4, 0.5) is 11.4 Å². The molecule has 26 heavy (non-hydrogen) atoms. The second kappa shape index (κ2) is 6.29. The lowest BCUT2D eigenvalue weighted by Gasteiger charge is -2.10. The molecule has 0 bridgehead atoms. The fourth-order valence-electron chi connectivity index (χ4n) is 2.71. The van der Waals surface area contributed by atoms with Crippen LogP contribution in [0, 0.1) is 0 Å². The Balaban J connectivity index is 1.79. The maximum absolute atomic E-state index is 12.4. The molecule has 5 nitrogen and oxygen atoms in total. The lowest BCUT2D eigenvalue weighted by atomic mass is 10.1. The van der Waals surface area contributed by atoms with E-state index < -0.39 is 0 Å². The minimum Gasteiger partial charge on any atom is -0.456 e. The average molecular weight is 344 g/mol. The van der Waals surface area contributed by atoms with Gasteiger partial charge in [0, 0.05) is 29.4 Å². The van der Waals surface area contributed by atoms with Gasteiger partial charge in [-0.3, -0.25) is 4.79 Å². The largest absolute Gasteiger partial charge is 0.456 e. The highest BCUT2D eigenvalue weighted by Gasteiger charge is 2.09. The molecular weight excluding hydrogens is 328 g/mol. The van der Waals surface area contributed by atoms with Gasteiger partial charge in [0.2, 0.25) is 0 Å². The highest BCUT2D eigenvalue weighted by Crippen LogP contribution is 2.31. The molecule has 0 aliphatic carbocycles. The minimum absolute atomic E-state index is 0.111. The zero-order chi connectivity index (χ0) is 18.1. The van der Waals surface area contributed by atoms with Crippen LogP contribution in [-0.2, 0) is 0 Å². The summed E-state index contributed by atoms with van der Waals surface area (Å²) in [6.45, 7) is 0. The maximum atomic E-state index is 12.4. The molecule has 0 unspecified atom stereocenters. The Kier molecular flexibility index (Phi) is 3.82. The third kappa shape index (κ3) is 2.98. The first kappa shape index (κ1) is 15.8. The third-order valence-electron chi connectivity index (χ3n) is 4.02. The van der Waals surface area contributed by atoms with Crippen LogP contribution in [0.3, 0.4) is 0 Å². The fourth-order valence-corrected chi connectivity index (χ4v) is 2.71. The quantitative estimate of drug-likeness (QED) is 0.537. The second-order valence-electron chi connectivity index (χ2n) is 5.90. The van der Waals surface area contributed by atoms with E-state index >= 15 is 0 Å². The number of fused-ring (bicyclic) bond motifs is 1. The number of nitrogens with two attached hydrogens (primary N) is 2. The summed E-state index contributed by atoms with van der Waals surface area (Å²) in [4.78, 5) is 12.4. The van der Waals surface area contributed by atoms with Crippen LogP contribution in [0.5, 0.6) is 11.5 Å². The van der Waals surface area contributed by atoms with E-state index in [0.29, 0.717) is 39.6 Å². The Morgan fingerprint density at radius 3 is 2.46 bits per heavy atom. The van der Waals surface area contributed by atoms with Crippen molar-refractivity contribution in [3.8, 4) is 22.8 Å². The van der Waals surface area contributed by atoms with E-state index in [1.54, 1.807) is 36.4 Å². The fraction of sp³-hybridized carbons (Fsp3) is 0. The predicted molar refractivity (Wildman–Crippen MR) is 103 cm³/mol. The number of nitrogen functional groups attached to an aromatic ring is 2. The first-order valence-electron chi connectivity index (χ1n) is 8.06. The van der Waals surface area contributed by atoms with Gasteiger partial charge >= 0.3 is 0 Å². The van der Waals surface area contributed by atoms with Gasteiger partial charge in [-0.05, 0) is 24.3 Å². The smallest absolute Gasteiger partial charge is 0.193 e. The molecule has 0 amide bonds. The van der Waals surface area contributed by atoms with E-state index in [4.69, 9.17) is 20.6 Å². The van der Waals surface area contributed by atoms with Crippen molar-refractivity contribution in [3.63, 3.8) is 0 Å². The predicted octanol–water partition coefficient (Wildman–Crippen LogP) is 4.42. The normalized spacial score (nSPS) is 10.8. The minimum atomic E-state index is -0.111. The number of rotatable bonds is 3. The van der Waals surface area contributed by atoms with Crippen LogP contribution in [0.1, 0.15) is 0 Å². The molecule has 1 heterocycles. The Morgan fingerprint density at radius 1 is 0.846 bits per heavy atom. The lowest BCUT2D eigenvalue weighted by molar-refractivity contribution is 0.484. The zero-order valence-electron chi connectivity index (χ0n) is 13.8. The Morgan fingerprint density at radius 2 is 1.65 bits per heavy atom. The molecule has 128 valence electrons. The van der Waals surface area contributed by atoms with Crippen molar-refractivity contribution in [1.82, 2.24) is 0 Å². The topological polar surface area (TPSA) is 91.5 Å². The molecule has 0 aliphatic rings. The van der Waals surface area contributed by atoms with E-state index in [1.165, 1.54) is 6.07 Å². The molecule has 5 heteroatoms. The van der Waals surface area contributed by atoms with Crippen molar-refractivity contribution in [2.45, 2.75) is 0 Å². The zero-order valence-corrected chi connectivity index (χ0v) is 13.8. The molecule has 0 aliphatic heterocycles. The van der Waals surface area contributed by atoms with Gasteiger partial charge in [0.1, 0.15) is 17.1 Å². The van der Waals surface area contributed by atoms with E-state index in [0.717, 1.165) is 5.56 Å². The number of benzene rings is 3. The van der Waals surface area contributed by atoms with Crippen molar-refractivity contribution < 1.29 is 9.15 Å². The summed E-state index contributed by atoms with van der Waals surface area (Å²) in [7, 11) is 0. The molecule has 4 N–H and O–H groups in total. The summed E-state index contributed by atoms with van der Waals surface area (Å²) in [5.74, 6) is 1.46. The summed E-state index contributed by atoms with van der Waals surface area (Å²) >= 11 is 0. The lowest BCUT2D eigenvalue weighted by Crippen LogP contribution is -2.00. The van der Waals surface area contributed by atoms with Crippen molar-refractivity contribution in [1.29, 1.82) is 0 Å². The number of hydrogen-bond acceptors (Lipinski definition) is 5. The van der Waals surface area contributed by atoms with Crippen molar-refractivity contribution in [2.75, 3.05) is 11.5 Å². The van der Waals surface area contributed by atoms with Gasteiger partial charge in [-0.1, -0.05) is 30.3 Å². The Bertz CT molecular complexity index is 1150. The SMILES string of the molecule is Nc1ccc(N)c(Oc2ccc3c(=O)cc(-c4ccccc4)oc3c2)c1. The standard InChI is InChI=1S/C21H16N2O3/c22-14-6-9-17(23)21(10-14)25-15-7-8-16-18(24)12-19(26-20(16)11-15)13-4-2-1-3-5-13/h1-12H,22-23H2. The third-order valence-corrected chi connectivity index (χ3v) is 4.02. The summed E-state index contributed by atoms with van der Waals surface area (Å²) < 4.78 is 11.7. The monoisotopic (exact) mass is 344 g/mol. The second-order valence-corrected chi connectivity index (χ2v) is 5.90. The number of ether oxygens (including phenoxy) is 1. The Labute approximate surface area is 149 Å². The summed E-state index contributed by atoms with van der Waals surface area (Å²) in [5.41, 5.74) is 13.9. The van der Waals surface area contributed by atoms with E-state index in [9.17, 15) is 4.79 Å². The molecule has 0 atom stereocenters. The van der Waals surface area contributed by atoms with Gasteiger partial charge in [-0.15, -0.1) is 0 Å². The molecule has 4 rings (SSSR count). The maximum Gasteiger partial charge on any atom is 0.193 e. The van der Waals surface area contributed by atoms with Crippen LogP contribution in [0.15, 0.2) is 82.0 Å². The molecule has 0 saturated carbocycles. The van der Waals surface area contributed by atoms with Gasteiger partial charge < -0.3 is 20.6 Å². The van der Waals surface area contributed by atoms with Crippen LogP contribution in [-0.4, -0.2) is 0 Å². The van der Waals surface area contributed by atoms with E-state index in [1.807, 2.05) is 30.3 Å². The molecule has 3 aromatic carbocycles. The molecule has 0 spiro atoms. The van der Waals surface area contributed by atoms with Crippen molar-refractivity contribution in [2.24, 2.45) is 0 Å². The first-order valence-corrected chi connectivity index (χ1v) is 8.06. The molecule has 0 fully saturated rings. The van der Waals surface area contributed by atoms with Gasteiger partial charge in [0.05, 0.1) is 11.1 Å². The number of anilines is 2. The molecular formula is C21H16N2O3. The van der Waals surface area contributed by atoms with E-state index in [2.05, 4.69) is 0 Å². The highest BCUT2D eigenvalue weighted by molar-refractivity contribution is 5.80. The van der Waals surface area contributed by atoms with Crippen LogP contribution >= 0.6 is 0 Å². The van der Waals surface area contributed by atoms with E-state index in [-0.39, 0.29) is 5.43 Å². The van der Waals surface area contributed by atoms with Crippen LogP contribution in [0.25, 0.3) is 22.3 Å². The Hall–Kier alpha value is -3.73. The van der Waals surface area contributed by atoms with Crippen molar-refractivity contribution >= 4 is 22.3 Å². The van der Waals surface area contributed by atoms with Crippen LogP contribution in [0.2, 0.25) is 0 Å². The highest BCUT2D eigenvalue weighted by atomic mass is 16.5. The van der Waals surface area contributed by atoms with Gasteiger partial charge in [-0.25, -0.2) is 0 Å². The summed E-state index contributed by atoms with van der Waals surface area (Å²) in [6.07, 6.45) is 0. The molecule has 1 aromatic heterocycles. The van der Waals surface area contributed by atoms with Crippen molar-refractivity contribution in [3.05, 3.63) is 83.0 Å².